The fourth-order valence-electron chi connectivity index (χ4n) is 0.934. The molecule has 3 nitrogen and oxygen atoms in total. The molecule has 1 N–H and O–H groups in total. The summed E-state index contributed by atoms with van der Waals surface area (Å²) in [6.45, 7) is -0.0161. The maximum absolute atomic E-state index is 12.3. The average molecular weight is 221 g/mol. The molecule has 1 aromatic carbocycles. The Bertz CT molecular complexity index is 314. The summed E-state index contributed by atoms with van der Waals surface area (Å²) in [5, 5.41) is 0. The van der Waals surface area contributed by atoms with E-state index in [2.05, 4.69) is 10.3 Å². The first-order valence-electron chi connectivity index (χ1n) is 4.10. The third-order valence-corrected chi connectivity index (χ3v) is 1.60. The Morgan fingerprint density at radius 1 is 1.33 bits per heavy atom. The lowest BCUT2D eigenvalue weighted by atomic mass is 10.2. The molecule has 15 heavy (non-hydrogen) atoms. The number of benzene rings is 1. The maximum atomic E-state index is 12.3. The van der Waals surface area contributed by atoms with Crippen LogP contribution in [0, 0.1) is 0 Å². The molecule has 84 valence electrons. The van der Waals surface area contributed by atoms with Gasteiger partial charge in [-0.2, -0.15) is 18.7 Å². The molecular formula is C9H10F3NO2. The molecule has 0 saturated heterocycles. The van der Waals surface area contributed by atoms with Gasteiger partial charge in [-0.25, -0.2) is 0 Å². The van der Waals surface area contributed by atoms with Gasteiger partial charge >= 0.3 is 6.18 Å². The van der Waals surface area contributed by atoms with Gasteiger partial charge in [0.25, 0.3) is 0 Å². The number of hydrogen-bond acceptors (Lipinski definition) is 3. The van der Waals surface area contributed by atoms with Gasteiger partial charge in [-0.1, -0.05) is 6.07 Å². The van der Waals surface area contributed by atoms with Crippen LogP contribution in [0.3, 0.4) is 0 Å². The normalized spacial score (nSPS) is 11.5. The van der Waals surface area contributed by atoms with Gasteiger partial charge in [0.15, 0.2) is 6.73 Å². The third-order valence-electron chi connectivity index (χ3n) is 1.60. The van der Waals surface area contributed by atoms with Gasteiger partial charge in [-0.15, -0.1) is 0 Å². The predicted molar refractivity (Wildman–Crippen MR) is 47.1 cm³/mol. The zero-order valence-electron chi connectivity index (χ0n) is 7.97. The fraction of sp³-hybridized carbons (Fsp3) is 0.333. The minimum absolute atomic E-state index is 0.0161. The first kappa shape index (κ1) is 11.8. The molecule has 0 saturated carbocycles. The minimum atomic E-state index is -4.35. The van der Waals surface area contributed by atoms with Crippen molar-refractivity contribution in [1.82, 2.24) is 5.48 Å². The molecule has 0 aliphatic rings. The molecule has 0 fully saturated rings. The first-order chi connectivity index (χ1) is 7.04. The van der Waals surface area contributed by atoms with Crippen LogP contribution in [0.15, 0.2) is 24.3 Å². The highest BCUT2D eigenvalue weighted by Gasteiger charge is 2.30. The Morgan fingerprint density at radius 3 is 2.67 bits per heavy atom. The van der Waals surface area contributed by atoms with Crippen LogP contribution >= 0.6 is 0 Å². The molecule has 6 heteroatoms. The van der Waals surface area contributed by atoms with E-state index in [1.807, 2.05) is 0 Å². The van der Waals surface area contributed by atoms with Crippen molar-refractivity contribution in [3.8, 4) is 5.75 Å². The zero-order valence-corrected chi connectivity index (χ0v) is 7.97. The SMILES string of the molecule is CONCOc1cccc(C(F)(F)F)c1. The van der Waals surface area contributed by atoms with Crippen molar-refractivity contribution >= 4 is 0 Å². The molecule has 0 radical (unpaired) electrons. The lowest BCUT2D eigenvalue weighted by Crippen LogP contribution is -2.18. The van der Waals surface area contributed by atoms with Crippen LogP contribution < -0.4 is 10.2 Å². The molecule has 0 amide bonds. The van der Waals surface area contributed by atoms with Crippen LogP contribution in [0.1, 0.15) is 5.56 Å². The maximum Gasteiger partial charge on any atom is 0.416 e. The molecule has 1 rings (SSSR count). The smallest absolute Gasteiger partial charge is 0.416 e. The third kappa shape index (κ3) is 3.77. The van der Waals surface area contributed by atoms with E-state index < -0.39 is 11.7 Å². The van der Waals surface area contributed by atoms with Crippen molar-refractivity contribution in [2.24, 2.45) is 0 Å². The first-order valence-corrected chi connectivity index (χ1v) is 4.10. The minimum Gasteiger partial charge on any atom is -0.476 e. The van der Waals surface area contributed by atoms with E-state index in [9.17, 15) is 13.2 Å². The molecule has 0 spiro atoms. The number of rotatable bonds is 4. The van der Waals surface area contributed by atoms with E-state index in [1.165, 1.54) is 19.2 Å². The van der Waals surface area contributed by atoms with Crippen molar-refractivity contribution in [3.05, 3.63) is 29.8 Å². The van der Waals surface area contributed by atoms with Gasteiger partial charge in [0, 0.05) is 0 Å². The van der Waals surface area contributed by atoms with Crippen molar-refractivity contribution in [3.63, 3.8) is 0 Å². The van der Waals surface area contributed by atoms with Crippen molar-refractivity contribution in [2.75, 3.05) is 13.8 Å². The standard InChI is InChI=1S/C9H10F3NO2/c1-14-13-6-15-8-4-2-3-7(5-8)9(10,11)12/h2-5,13H,6H2,1H3. The Morgan fingerprint density at radius 2 is 2.07 bits per heavy atom. The number of hydrogen-bond donors (Lipinski definition) is 1. The van der Waals surface area contributed by atoms with Crippen LogP contribution in [0.4, 0.5) is 13.2 Å². The van der Waals surface area contributed by atoms with Gasteiger partial charge in [-0.05, 0) is 18.2 Å². The van der Waals surface area contributed by atoms with Gasteiger partial charge in [0.1, 0.15) is 5.75 Å². The Labute approximate surface area is 84.8 Å². The monoisotopic (exact) mass is 221 g/mol. The van der Waals surface area contributed by atoms with Crippen molar-refractivity contribution in [2.45, 2.75) is 6.18 Å². The highest BCUT2D eigenvalue weighted by molar-refractivity contribution is 5.30. The summed E-state index contributed by atoms with van der Waals surface area (Å²) in [6, 6.07) is 4.63. The van der Waals surface area contributed by atoms with E-state index in [4.69, 9.17) is 4.74 Å². The number of nitrogens with one attached hydrogen (secondary N) is 1. The molecule has 0 atom stereocenters. The molecule has 0 aliphatic heterocycles. The quantitative estimate of drug-likeness (QED) is 0.480. The van der Waals surface area contributed by atoms with Gasteiger partial charge in [0.05, 0.1) is 12.7 Å². The van der Waals surface area contributed by atoms with Crippen LogP contribution in [-0.2, 0) is 11.0 Å². The van der Waals surface area contributed by atoms with Gasteiger partial charge in [0.2, 0.25) is 0 Å². The molecule has 0 unspecified atom stereocenters. The average Bonchev–Trinajstić information content (AvgIpc) is 2.17. The summed E-state index contributed by atoms with van der Waals surface area (Å²) in [5.41, 5.74) is 1.61. The van der Waals surface area contributed by atoms with Crippen LogP contribution in [0.25, 0.3) is 0 Å². The summed E-state index contributed by atoms with van der Waals surface area (Å²) in [5.74, 6) is 0.134. The summed E-state index contributed by atoms with van der Waals surface area (Å²) in [4.78, 5) is 4.46. The predicted octanol–water partition coefficient (Wildman–Crippen LogP) is 2.19. The van der Waals surface area contributed by atoms with Crippen LogP contribution in [0.5, 0.6) is 5.75 Å². The summed E-state index contributed by atoms with van der Waals surface area (Å²) < 4.78 is 41.7. The zero-order chi connectivity index (χ0) is 11.3. The number of alkyl halides is 3. The van der Waals surface area contributed by atoms with E-state index >= 15 is 0 Å². The topological polar surface area (TPSA) is 30.5 Å². The Balaban J connectivity index is 2.66. The molecule has 1 aromatic rings. The number of ether oxygens (including phenoxy) is 1. The van der Waals surface area contributed by atoms with Crippen molar-refractivity contribution in [1.29, 1.82) is 0 Å². The summed E-state index contributed by atoms with van der Waals surface area (Å²) in [6.07, 6.45) is -4.35. The summed E-state index contributed by atoms with van der Waals surface area (Å²) >= 11 is 0. The highest BCUT2D eigenvalue weighted by Crippen LogP contribution is 2.31. The van der Waals surface area contributed by atoms with Crippen molar-refractivity contribution < 1.29 is 22.7 Å². The molecule has 0 aromatic heterocycles. The second-order valence-electron chi connectivity index (χ2n) is 2.66. The van der Waals surface area contributed by atoms with Crippen LogP contribution in [-0.4, -0.2) is 13.8 Å². The van der Waals surface area contributed by atoms with E-state index in [-0.39, 0.29) is 12.5 Å². The molecule has 0 bridgehead atoms. The van der Waals surface area contributed by atoms with E-state index in [0.29, 0.717) is 0 Å². The highest BCUT2D eigenvalue weighted by atomic mass is 19.4. The lowest BCUT2D eigenvalue weighted by Gasteiger charge is -2.09. The molecule has 0 aliphatic carbocycles. The van der Waals surface area contributed by atoms with Crippen LogP contribution in [0.2, 0.25) is 0 Å². The molecular weight excluding hydrogens is 211 g/mol. The number of hydroxylamine groups is 1. The molecule has 0 heterocycles. The van der Waals surface area contributed by atoms with Gasteiger partial charge < -0.3 is 9.57 Å². The second kappa shape index (κ2) is 4.99. The second-order valence-corrected chi connectivity index (χ2v) is 2.66. The number of halogens is 3. The van der Waals surface area contributed by atoms with Gasteiger partial charge in [-0.3, -0.25) is 0 Å². The summed E-state index contributed by atoms with van der Waals surface area (Å²) in [7, 11) is 1.38. The lowest BCUT2D eigenvalue weighted by molar-refractivity contribution is -0.137. The van der Waals surface area contributed by atoms with E-state index in [0.717, 1.165) is 12.1 Å². The van der Waals surface area contributed by atoms with E-state index in [1.54, 1.807) is 0 Å². The largest absolute Gasteiger partial charge is 0.476 e. The Kier molecular flexibility index (Phi) is 3.93. The fourth-order valence-corrected chi connectivity index (χ4v) is 0.934. The Hall–Kier alpha value is -1.27.